The molecule has 0 aliphatic heterocycles. The Morgan fingerprint density at radius 2 is 0.913 bits per heavy atom. The van der Waals surface area contributed by atoms with Gasteiger partial charge in [-0.2, -0.15) is 0 Å². The van der Waals surface area contributed by atoms with Crippen molar-refractivity contribution in [3.63, 3.8) is 0 Å². The average Bonchev–Trinajstić information content (AvgIpc) is 2.63. The van der Waals surface area contributed by atoms with Crippen LogP contribution in [0.4, 0.5) is 0 Å². The Labute approximate surface area is 146 Å². The van der Waals surface area contributed by atoms with Crippen molar-refractivity contribution in [1.29, 1.82) is 0 Å². The normalized spacial score (nSPS) is 12.1. The van der Waals surface area contributed by atoms with Gasteiger partial charge in [0, 0.05) is 54.7 Å². The summed E-state index contributed by atoms with van der Waals surface area (Å²) in [6.45, 7) is 1.79. The lowest BCUT2D eigenvalue weighted by molar-refractivity contribution is 0.123. The minimum absolute atomic E-state index is 0.802. The number of hydrogen-bond acceptors (Lipinski definition) is 8. The molecule has 11 heteroatoms. The second-order valence-electron chi connectivity index (χ2n) is 4.55. The first-order chi connectivity index (χ1) is 11.1. The van der Waals surface area contributed by atoms with E-state index in [0.29, 0.717) is 0 Å². The van der Waals surface area contributed by atoms with Crippen molar-refractivity contribution in [2.45, 2.75) is 24.9 Å². The fraction of sp³-hybridized carbons (Fsp3) is 1.00. The number of nitrogens with one attached hydrogen (secondary N) is 1. The Kier molecular flexibility index (Phi) is 17.6. The largest absolute Gasteiger partial charge is 0.500 e. The molecule has 23 heavy (non-hydrogen) atoms. The van der Waals surface area contributed by atoms with Crippen molar-refractivity contribution in [3.05, 3.63) is 0 Å². The predicted molar refractivity (Wildman–Crippen MR) is 99.4 cm³/mol. The van der Waals surface area contributed by atoms with E-state index in [2.05, 4.69) is 10.7 Å². The molecule has 0 atom stereocenters. The minimum Gasteiger partial charge on any atom is -0.377 e. The molecular weight excluding hydrogens is 352 g/mol. The van der Waals surface area contributed by atoms with Crippen molar-refractivity contribution in [2.75, 3.05) is 55.7 Å². The molecule has 142 valence electrons. The molecule has 3 N–H and O–H groups in total. The van der Waals surface area contributed by atoms with Gasteiger partial charge in [0.25, 0.3) is 0 Å². The maximum Gasteiger partial charge on any atom is 0.500 e. The third-order valence-corrected chi connectivity index (χ3v) is 9.20. The van der Waals surface area contributed by atoms with Gasteiger partial charge in [-0.3, -0.25) is 0 Å². The van der Waals surface area contributed by atoms with Crippen LogP contribution in [0.25, 0.3) is 0 Å². The lowest BCUT2D eigenvalue weighted by atomic mass is 10.4. The molecule has 0 heterocycles. The van der Waals surface area contributed by atoms with Crippen LogP contribution < -0.4 is 10.7 Å². The predicted octanol–water partition coefficient (Wildman–Crippen LogP) is -0.662. The highest BCUT2D eigenvalue weighted by molar-refractivity contribution is 6.60. The van der Waals surface area contributed by atoms with Crippen LogP contribution in [0.3, 0.4) is 0 Å². The fourth-order valence-corrected chi connectivity index (χ4v) is 5.54. The van der Waals surface area contributed by atoms with E-state index in [1.165, 1.54) is 0 Å². The van der Waals surface area contributed by atoms with Crippen LogP contribution in [0.1, 0.15) is 12.8 Å². The van der Waals surface area contributed by atoms with Gasteiger partial charge in [0.05, 0.1) is 10.4 Å². The van der Waals surface area contributed by atoms with E-state index in [0.717, 1.165) is 48.4 Å². The minimum atomic E-state index is -2.43. The van der Waals surface area contributed by atoms with Gasteiger partial charge in [-0.15, -0.1) is 0 Å². The highest BCUT2D eigenvalue weighted by Crippen LogP contribution is 2.15. The van der Waals surface area contributed by atoms with Gasteiger partial charge in [0.2, 0.25) is 0 Å². The van der Waals surface area contributed by atoms with Gasteiger partial charge < -0.3 is 37.3 Å². The fourth-order valence-electron chi connectivity index (χ4n) is 2.10. The molecule has 0 aromatic rings. The van der Waals surface area contributed by atoms with Gasteiger partial charge >= 0.3 is 17.6 Å². The van der Waals surface area contributed by atoms with E-state index in [4.69, 9.17) is 26.6 Å². The summed E-state index contributed by atoms with van der Waals surface area (Å²) in [4.78, 5) is 0. The van der Waals surface area contributed by atoms with Crippen molar-refractivity contribution in [2.24, 2.45) is 5.40 Å². The summed E-state index contributed by atoms with van der Waals surface area (Å²) >= 11 is 0. The standard InChI is InChI=1S/C12H31NO6Si2.H5NSi/c1-14-20(15-2,16-3)11-7-9-13-10-8-12-21(17-4,18-5)19-6;1-2/h13H,7-12H2,1-6H3;1H2,2H3. The van der Waals surface area contributed by atoms with Crippen molar-refractivity contribution in [1.82, 2.24) is 5.32 Å². The van der Waals surface area contributed by atoms with Crippen molar-refractivity contribution < 1.29 is 26.6 Å². The van der Waals surface area contributed by atoms with Crippen molar-refractivity contribution >= 4 is 28.0 Å². The SMILES string of the molecule is CO[Si](CCCNCCC[Si](OC)(OC)OC)(OC)OC.N[SiH3]. The summed E-state index contributed by atoms with van der Waals surface area (Å²) in [6.07, 6.45) is 1.90. The maximum absolute atomic E-state index is 5.37. The summed E-state index contributed by atoms with van der Waals surface area (Å²) < 4.78 is 32.2. The van der Waals surface area contributed by atoms with Gasteiger partial charge in [0.1, 0.15) is 0 Å². The van der Waals surface area contributed by atoms with Crippen LogP contribution in [0.5, 0.6) is 0 Å². The van der Waals surface area contributed by atoms with Crippen LogP contribution in [0.2, 0.25) is 12.1 Å². The summed E-state index contributed by atoms with van der Waals surface area (Å²) in [5.41, 5.74) is 0. The second kappa shape index (κ2) is 15.8. The summed E-state index contributed by atoms with van der Waals surface area (Å²) in [5.74, 6) is 0. The Morgan fingerprint density at radius 3 is 1.13 bits per heavy atom. The van der Waals surface area contributed by atoms with E-state index in [-0.39, 0.29) is 0 Å². The number of hydrogen-bond donors (Lipinski definition) is 2. The molecule has 0 aliphatic rings. The van der Waals surface area contributed by atoms with E-state index in [9.17, 15) is 0 Å². The molecular formula is C12H36N2O6Si3. The molecule has 0 aromatic heterocycles. The zero-order chi connectivity index (χ0) is 18.2. The molecule has 0 aromatic carbocycles. The monoisotopic (exact) mass is 388 g/mol. The first kappa shape index (κ1) is 25.6. The summed E-state index contributed by atoms with van der Waals surface area (Å²) in [5, 5.41) is 8.03. The molecule has 0 fully saturated rings. The summed E-state index contributed by atoms with van der Waals surface area (Å²) in [6, 6.07) is 1.60. The molecule has 0 saturated carbocycles. The topological polar surface area (TPSA) is 93.4 Å². The molecule has 8 nitrogen and oxygen atoms in total. The van der Waals surface area contributed by atoms with E-state index in [1.807, 2.05) is 0 Å². The molecule has 0 radical (unpaired) electrons. The van der Waals surface area contributed by atoms with Crippen molar-refractivity contribution in [3.8, 4) is 0 Å². The zero-order valence-corrected chi connectivity index (χ0v) is 19.8. The van der Waals surface area contributed by atoms with Crippen LogP contribution in [0, 0.1) is 0 Å². The molecule has 0 spiro atoms. The lowest BCUT2D eigenvalue weighted by Crippen LogP contribution is -2.43. The lowest BCUT2D eigenvalue weighted by Gasteiger charge is -2.25. The van der Waals surface area contributed by atoms with Crippen LogP contribution in [-0.2, 0) is 26.6 Å². The Balaban J connectivity index is 0. The smallest absolute Gasteiger partial charge is 0.377 e. The Bertz CT molecular complexity index is 218. The van der Waals surface area contributed by atoms with E-state index >= 15 is 0 Å². The van der Waals surface area contributed by atoms with Gasteiger partial charge in [-0.05, 0) is 25.9 Å². The molecule has 0 saturated heterocycles. The van der Waals surface area contributed by atoms with E-state index < -0.39 is 17.6 Å². The third kappa shape index (κ3) is 10.0. The number of nitrogens with two attached hydrogens (primary N) is 1. The molecule has 0 amide bonds. The molecule has 0 aliphatic carbocycles. The maximum atomic E-state index is 5.37. The Morgan fingerprint density at radius 1 is 0.652 bits per heavy atom. The van der Waals surface area contributed by atoms with Crippen LogP contribution in [0.15, 0.2) is 0 Å². The van der Waals surface area contributed by atoms with Gasteiger partial charge in [-0.1, -0.05) is 0 Å². The quantitative estimate of drug-likeness (QED) is 0.299. The van der Waals surface area contributed by atoms with Gasteiger partial charge in [0.15, 0.2) is 0 Å². The first-order valence-electron chi connectivity index (χ1n) is 7.67. The van der Waals surface area contributed by atoms with E-state index in [1.54, 1.807) is 42.7 Å². The first-order valence-corrected chi connectivity index (χ1v) is 12.7. The molecule has 0 rings (SSSR count). The molecule has 0 unspecified atom stereocenters. The molecule has 0 bridgehead atoms. The Hall–Kier alpha value is 0.331. The van der Waals surface area contributed by atoms with Gasteiger partial charge in [-0.25, -0.2) is 0 Å². The highest BCUT2D eigenvalue weighted by atomic mass is 28.4. The highest BCUT2D eigenvalue weighted by Gasteiger charge is 2.37. The zero-order valence-electron chi connectivity index (χ0n) is 15.8. The number of rotatable bonds is 14. The average molecular weight is 389 g/mol. The van der Waals surface area contributed by atoms with Crippen LogP contribution >= 0.6 is 0 Å². The summed E-state index contributed by atoms with van der Waals surface area (Å²) in [7, 11) is 5.77. The van der Waals surface area contributed by atoms with Crippen LogP contribution in [-0.4, -0.2) is 83.8 Å². The third-order valence-electron chi connectivity index (χ3n) is 3.54. The second-order valence-corrected chi connectivity index (χ2v) is 10.7.